The maximum Gasteiger partial charge on any atom is 0.262 e. The number of rotatable bonds is 3. The van der Waals surface area contributed by atoms with Gasteiger partial charge in [0.05, 0.1) is 10.6 Å². The molecule has 0 spiro atoms. The monoisotopic (exact) mass is 419 g/mol. The van der Waals surface area contributed by atoms with Crippen molar-refractivity contribution in [3.05, 3.63) is 71.0 Å². The van der Waals surface area contributed by atoms with Crippen molar-refractivity contribution in [2.24, 2.45) is 5.92 Å². The van der Waals surface area contributed by atoms with Crippen LogP contribution in [0.2, 0.25) is 0 Å². The van der Waals surface area contributed by atoms with E-state index in [9.17, 15) is 8.42 Å². The average Bonchev–Trinajstić information content (AvgIpc) is 3.07. The van der Waals surface area contributed by atoms with Crippen molar-refractivity contribution in [3.8, 4) is 0 Å². The van der Waals surface area contributed by atoms with Crippen molar-refractivity contribution in [1.29, 1.82) is 0 Å². The molecule has 0 fully saturated rings. The van der Waals surface area contributed by atoms with Crippen molar-refractivity contribution < 1.29 is 12.8 Å². The number of hydrogen-bond acceptors (Lipinski definition) is 3. The molecule has 1 N–H and O–H groups in total. The van der Waals surface area contributed by atoms with E-state index in [1.54, 1.807) is 6.07 Å². The van der Waals surface area contributed by atoms with Crippen LogP contribution in [-0.2, 0) is 22.9 Å². The molecule has 1 aromatic heterocycles. The van der Waals surface area contributed by atoms with Crippen molar-refractivity contribution in [2.45, 2.75) is 44.9 Å². The third kappa shape index (κ3) is 3.08. The average molecular weight is 420 g/mol. The molecule has 30 heavy (non-hydrogen) atoms. The second-order valence-electron chi connectivity index (χ2n) is 8.57. The van der Waals surface area contributed by atoms with Crippen LogP contribution in [0.4, 0.5) is 5.69 Å². The summed E-state index contributed by atoms with van der Waals surface area (Å²) in [5.74, 6) is 1.64. The smallest absolute Gasteiger partial charge is 0.262 e. The summed E-state index contributed by atoms with van der Waals surface area (Å²) in [5.41, 5.74) is 4.33. The zero-order valence-corrected chi connectivity index (χ0v) is 18.3. The van der Waals surface area contributed by atoms with Crippen LogP contribution in [-0.4, -0.2) is 8.42 Å². The van der Waals surface area contributed by atoms with E-state index >= 15 is 0 Å². The Morgan fingerprint density at radius 1 is 1.00 bits per heavy atom. The lowest BCUT2D eigenvalue weighted by Crippen LogP contribution is -2.15. The molecule has 0 saturated heterocycles. The Morgan fingerprint density at radius 3 is 2.57 bits per heavy atom. The molecule has 3 aromatic carbocycles. The maximum atomic E-state index is 13.3. The highest BCUT2D eigenvalue weighted by molar-refractivity contribution is 7.92. The van der Waals surface area contributed by atoms with Crippen molar-refractivity contribution in [3.63, 3.8) is 0 Å². The summed E-state index contributed by atoms with van der Waals surface area (Å²) < 4.78 is 35.8. The Labute approximate surface area is 177 Å². The Balaban J connectivity index is 1.72. The van der Waals surface area contributed by atoms with Gasteiger partial charge < -0.3 is 4.42 Å². The highest BCUT2D eigenvalue weighted by Gasteiger charge is 2.25. The lowest BCUT2D eigenvalue weighted by Gasteiger charge is -2.17. The van der Waals surface area contributed by atoms with Gasteiger partial charge in [0.25, 0.3) is 10.0 Å². The number of anilines is 1. The molecule has 1 heterocycles. The van der Waals surface area contributed by atoms with Gasteiger partial charge in [0.15, 0.2) is 0 Å². The van der Waals surface area contributed by atoms with Gasteiger partial charge in [-0.2, -0.15) is 0 Å². The van der Waals surface area contributed by atoms with Gasteiger partial charge in [-0.15, -0.1) is 0 Å². The standard InChI is InChI=1S/C25H25NO3S/c1-15-9-11-23-20(12-15)21-14-22(18-6-4-5-7-19(18)25(21)29-23)26-30(27,28)24-13-16(2)8-10-17(24)3/h4-8,10,13-15,26H,9,11-12H2,1-3H3/t15-/m0/s1. The minimum absolute atomic E-state index is 0.314. The van der Waals surface area contributed by atoms with Gasteiger partial charge in [0, 0.05) is 28.1 Å². The van der Waals surface area contributed by atoms with Crippen molar-refractivity contribution >= 4 is 37.5 Å². The summed E-state index contributed by atoms with van der Waals surface area (Å²) >= 11 is 0. The molecule has 1 aliphatic carbocycles. The van der Waals surface area contributed by atoms with Gasteiger partial charge in [-0.1, -0.05) is 43.3 Å². The first kappa shape index (κ1) is 19.2. The van der Waals surface area contributed by atoms with Crippen molar-refractivity contribution in [2.75, 3.05) is 4.72 Å². The first-order chi connectivity index (χ1) is 14.3. The molecule has 0 saturated carbocycles. The summed E-state index contributed by atoms with van der Waals surface area (Å²) in [6.45, 7) is 5.98. The number of sulfonamides is 1. The number of nitrogens with one attached hydrogen (secondary N) is 1. The van der Waals surface area contributed by atoms with Crippen LogP contribution >= 0.6 is 0 Å². The van der Waals surface area contributed by atoms with E-state index < -0.39 is 10.0 Å². The van der Waals surface area contributed by atoms with Gasteiger partial charge in [0.1, 0.15) is 11.3 Å². The largest absolute Gasteiger partial charge is 0.460 e. The van der Waals surface area contributed by atoms with E-state index in [4.69, 9.17) is 4.42 Å². The highest BCUT2D eigenvalue weighted by Crippen LogP contribution is 2.40. The van der Waals surface area contributed by atoms with E-state index in [0.717, 1.165) is 57.9 Å². The molecule has 4 nitrogen and oxygen atoms in total. The van der Waals surface area contributed by atoms with Crippen LogP contribution in [0.15, 0.2) is 57.8 Å². The third-order valence-electron chi connectivity index (χ3n) is 6.18. The van der Waals surface area contributed by atoms with Crippen LogP contribution in [0.3, 0.4) is 0 Å². The first-order valence-corrected chi connectivity index (χ1v) is 11.9. The fraction of sp³-hybridized carbons (Fsp3) is 0.280. The van der Waals surface area contributed by atoms with E-state index in [-0.39, 0.29) is 0 Å². The van der Waals surface area contributed by atoms with Crippen molar-refractivity contribution in [1.82, 2.24) is 0 Å². The molecule has 0 bridgehead atoms. The van der Waals surface area contributed by atoms with Crippen LogP contribution in [0.25, 0.3) is 21.7 Å². The quantitative estimate of drug-likeness (QED) is 0.435. The van der Waals surface area contributed by atoms with E-state index in [2.05, 4.69) is 11.6 Å². The minimum Gasteiger partial charge on any atom is -0.460 e. The SMILES string of the molecule is Cc1ccc(C)c(S(=O)(=O)Nc2cc3c4c(oc3c3ccccc23)CC[C@H](C)C4)c1. The molecule has 0 unspecified atom stereocenters. The highest BCUT2D eigenvalue weighted by atomic mass is 32.2. The summed E-state index contributed by atoms with van der Waals surface area (Å²) in [4.78, 5) is 0.314. The zero-order chi connectivity index (χ0) is 21.0. The topological polar surface area (TPSA) is 59.3 Å². The van der Waals surface area contributed by atoms with Crippen LogP contribution in [0, 0.1) is 19.8 Å². The molecule has 0 amide bonds. The molecular weight excluding hydrogens is 394 g/mol. The number of fused-ring (bicyclic) bond motifs is 5. The van der Waals surface area contributed by atoms with Crippen LogP contribution in [0.5, 0.6) is 0 Å². The normalized spacial score (nSPS) is 16.7. The Kier molecular flexibility index (Phi) is 4.40. The summed E-state index contributed by atoms with van der Waals surface area (Å²) in [5, 5.41) is 2.81. The Bertz CT molecular complexity index is 1400. The predicted octanol–water partition coefficient (Wildman–Crippen LogP) is 6.13. The Hall–Kier alpha value is -2.79. The van der Waals surface area contributed by atoms with Gasteiger partial charge >= 0.3 is 0 Å². The molecule has 154 valence electrons. The summed E-state index contributed by atoms with van der Waals surface area (Å²) in [6.07, 6.45) is 3.02. The molecule has 1 aliphatic rings. The number of hydrogen-bond donors (Lipinski definition) is 1. The van der Waals surface area contributed by atoms with E-state index in [1.165, 1.54) is 5.56 Å². The lowest BCUT2D eigenvalue weighted by atomic mass is 9.87. The van der Waals surface area contributed by atoms with Gasteiger partial charge in [-0.05, 0) is 55.9 Å². The molecular formula is C25H25NO3S. The summed E-state index contributed by atoms with van der Waals surface area (Å²) in [6, 6.07) is 15.3. The predicted molar refractivity (Wildman–Crippen MR) is 122 cm³/mol. The fourth-order valence-corrected chi connectivity index (χ4v) is 5.95. The van der Waals surface area contributed by atoms with Gasteiger partial charge in [-0.3, -0.25) is 4.72 Å². The second-order valence-corrected chi connectivity index (χ2v) is 10.2. The maximum absolute atomic E-state index is 13.3. The molecule has 5 heteroatoms. The fourth-order valence-electron chi connectivity index (χ4n) is 4.55. The minimum atomic E-state index is -3.72. The van der Waals surface area contributed by atoms with Crippen LogP contribution < -0.4 is 4.72 Å². The van der Waals surface area contributed by atoms with Gasteiger partial charge in [0.2, 0.25) is 0 Å². The first-order valence-electron chi connectivity index (χ1n) is 10.4. The molecule has 0 aliphatic heterocycles. The molecule has 5 rings (SSSR count). The number of benzene rings is 3. The molecule has 0 radical (unpaired) electrons. The number of aryl methyl sites for hydroxylation is 3. The molecule has 1 atom stereocenters. The third-order valence-corrected chi connectivity index (χ3v) is 7.68. The van der Waals surface area contributed by atoms with Gasteiger partial charge in [-0.25, -0.2) is 8.42 Å². The van der Waals surface area contributed by atoms with Crippen LogP contribution in [0.1, 0.15) is 35.8 Å². The van der Waals surface area contributed by atoms with E-state index in [0.29, 0.717) is 16.5 Å². The molecule has 4 aromatic rings. The number of furan rings is 1. The lowest BCUT2D eigenvalue weighted by molar-refractivity contribution is 0.439. The van der Waals surface area contributed by atoms with E-state index in [1.807, 2.05) is 56.3 Å². The Morgan fingerprint density at radius 2 is 1.77 bits per heavy atom. The summed E-state index contributed by atoms with van der Waals surface area (Å²) in [7, 11) is -3.72. The zero-order valence-electron chi connectivity index (χ0n) is 17.5. The second kappa shape index (κ2) is 6.88.